The second-order valence-corrected chi connectivity index (χ2v) is 4.33. The van der Waals surface area contributed by atoms with Crippen LogP contribution in [-0.4, -0.2) is 17.1 Å². The molecule has 0 aliphatic carbocycles. The SMILES string of the molecule is CC(=O)c1ccc2c(c1)C(C)(C=S)C(=O)N2. The number of anilines is 1. The number of Topliss-reactive ketones (excluding diaryl/α,β-unsaturated/α-hetero) is 1. The van der Waals surface area contributed by atoms with Crippen molar-refractivity contribution in [2.75, 3.05) is 5.32 Å². The number of amides is 1. The van der Waals surface area contributed by atoms with Gasteiger partial charge >= 0.3 is 0 Å². The molecule has 0 spiro atoms. The molecule has 0 bridgehead atoms. The van der Waals surface area contributed by atoms with Gasteiger partial charge < -0.3 is 5.32 Å². The van der Waals surface area contributed by atoms with E-state index in [9.17, 15) is 9.59 Å². The predicted octanol–water partition coefficient (Wildman–Crippen LogP) is 2.10. The van der Waals surface area contributed by atoms with Crippen molar-refractivity contribution >= 4 is 35.0 Å². The van der Waals surface area contributed by atoms with Crippen molar-refractivity contribution in [1.29, 1.82) is 0 Å². The van der Waals surface area contributed by atoms with Gasteiger partial charge in [0.25, 0.3) is 0 Å². The van der Waals surface area contributed by atoms with Crippen LogP contribution in [0.5, 0.6) is 0 Å². The van der Waals surface area contributed by atoms with Gasteiger partial charge in [0, 0.05) is 11.3 Å². The normalized spacial score (nSPS) is 22.5. The van der Waals surface area contributed by atoms with Crippen LogP contribution in [0.3, 0.4) is 0 Å². The summed E-state index contributed by atoms with van der Waals surface area (Å²) in [6.45, 7) is 3.26. The van der Waals surface area contributed by atoms with Crippen molar-refractivity contribution in [2.24, 2.45) is 0 Å². The van der Waals surface area contributed by atoms with Gasteiger partial charge in [0.2, 0.25) is 5.91 Å². The lowest BCUT2D eigenvalue weighted by Crippen LogP contribution is -2.31. The van der Waals surface area contributed by atoms with Gasteiger partial charge in [-0.15, -0.1) is 0 Å². The van der Waals surface area contributed by atoms with Crippen LogP contribution in [0.15, 0.2) is 18.2 Å². The molecule has 1 aromatic rings. The fourth-order valence-electron chi connectivity index (χ4n) is 1.79. The Kier molecular flexibility index (Phi) is 2.39. The maximum absolute atomic E-state index is 11.8. The van der Waals surface area contributed by atoms with E-state index in [0.717, 1.165) is 11.3 Å². The van der Waals surface area contributed by atoms with E-state index in [2.05, 4.69) is 5.32 Å². The van der Waals surface area contributed by atoms with Crippen LogP contribution in [0.4, 0.5) is 5.69 Å². The molecule has 1 aliphatic rings. The van der Waals surface area contributed by atoms with Crippen LogP contribution >= 0.6 is 12.2 Å². The third kappa shape index (κ3) is 1.38. The Morgan fingerprint density at radius 1 is 1.50 bits per heavy atom. The molecular weight excluding hydrogens is 222 g/mol. The molecular formula is C12H11NO2S. The number of carbonyl (C=O) groups excluding carboxylic acids is 2. The molecule has 82 valence electrons. The Balaban J connectivity index is 2.63. The van der Waals surface area contributed by atoms with Crippen LogP contribution in [0.25, 0.3) is 0 Å². The molecule has 3 nitrogen and oxygen atoms in total. The molecule has 1 amide bonds. The van der Waals surface area contributed by atoms with Crippen molar-refractivity contribution in [3.63, 3.8) is 0 Å². The summed E-state index contributed by atoms with van der Waals surface area (Å²) in [4.78, 5) is 23.1. The van der Waals surface area contributed by atoms with Crippen molar-refractivity contribution in [2.45, 2.75) is 19.3 Å². The van der Waals surface area contributed by atoms with E-state index < -0.39 is 5.41 Å². The maximum atomic E-state index is 11.8. The summed E-state index contributed by atoms with van der Waals surface area (Å²) >= 11 is 4.92. The van der Waals surface area contributed by atoms with Gasteiger partial charge in [0.05, 0.1) is 0 Å². The number of thiocarbonyl (C=S) groups is 1. The zero-order valence-corrected chi connectivity index (χ0v) is 9.85. The summed E-state index contributed by atoms with van der Waals surface area (Å²) in [5.74, 6) is -0.160. The molecule has 0 aromatic heterocycles. The molecule has 0 saturated heterocycles. The lowest BCUT2D eigenvalue weighted by Gasteiger charge is -2.15. The molecule has 0 saturated carbocycles. The van der Waals surface area contributed by atoms with E-state index in [1.54, 1.807) is 25.1 Å². The molecule has 4 heteroatoms. The minimum absolute atomic E-state index is 0.0196. The van der Waals surface area contributed by atoms with E-state index in [0.29, 0.717) is 5.56 Å². The molecule has 1 N–H and O–H groups in total. The number of benzene rings is 1. The first-order valence-electron chi connectivity index (χ1n) is 4.92. The van der Waals surface area contributed by atoms with Crippen molar-refractivity contribution in [3.8, 4) is 0 Å². The van der Waals surface area contributed by atoms with Gasteiger partial charge in [-0.05, 0) is 43.0 Å². The average molecular weight is 233 g/mol. The van der Waals surface area contributed by atoms with Gasteiger partial charge in [0.1, 0.15) is 5.41 Å². The number of carbonyl (C=O) groups is 2. The third-order valence-electron chi connectivity index (χ3n) is 2.94. The van der Waals surface area contributed by atoms with Gasteiger partial charge in [-0.25, -0.2) is 0 Å². The smallest absolute Gasteiger partial charge is 0.239 e. The Labute approximate surface area is 98.8 Å². The number of ketones is 1. The topological polar surface area (TPSA) is 46.2 Å². The van der Waals surface area contributed by atoms with Crippen LogP contribution in [-0.2, 0) is 10.2 Å². The van der Waals surface area contributed by atoms with E-state index in [-0.39, 0.29) is 11.7 Å². The fourth-order valence-corrected chi connectivity index (χ4v) is 2.03. The van der Waals surface area contributed by atoms with Crippen molar-refractivity contribution in [3.05, 3.63) is 29.3 Å². The monoisotopic (exact) mass is 233 g/mol. The van der Waals surface area contributed by atoms with E-state index >= 15 is 0 Å². The largest absolute Gasteiger partial charge is 0.325 e. The zero-order chi connectivity index (χ0) is 11.9. The van der Waals surface area contributed by atoms with Crippen LogP contribution in [0, 0.1) is 0 Å². The summed E-state index contributed by atoms with van der Waals surface area (Å²) < 4.78 is 0. The zero-order valence-electron chi connectivity index (χ0n) is 9.03. The number of hydrogen-bond donors (Lipinski definition) is 1. The lowest BCUT2D eigenvalue weighted by atomic mass is 9.85. The molecule has 2 rings (SSSR count). The number of hydrogen-bond acceptors (Lipinski definition) is 3. The summed E-state index contributed by atoms with van der Waals surface area (Å²) in [5.41, 5.74) is 1.30. The number of nitrogens with one attached hydrogen (secondary N) is 1. The second-order valence-electron chi connectivity index (χ2n) is 4.09. The first-order valence-corrected chi connectivity index (χ1v) is 5.39. The van der Waals surface area contributed by atoms with Crippen LogP contribution < -0.4 is 5.32 Å². The first kappa shape index (κ1) is 11.0. The van der Waals surface area contributed by atoms with Crippen molar-refractivity contribution in [1.82, 2.24) is 0 Å². The summed E-state index contributed by atoms with van der Waals surface area (Å²) in [7, 11) is 0. The molecule has 0 radical (unpaired) electrons. The van der Waals surface area contributed by atoms with Crippen LogP contribution in [0.1, 0.15) is 29.8 Å². The summed E-state index contributed by atoms with van der Waals surface area (Å²) in [6, 6.07) is 5.18. The minimum atomic E-state index is -0.809. The molecule has 0 fully saturated rings. The Hall–Kier alpha value is -1.55. The molecule has 1 atom stereocenters. The Morgan fingerprint density at radius 3 is 2.75 bits per heavy atom. The Morgan fingerprint density at radius 2 is 2.19 bits per heavy atom. The highest BCUT2D eigenvalue weighted by Crippen LogP contribution is 2.37. The highest BCUT2D eigenvalue weighted by atomic mass is 32.1. The standard InChI is InChI=1S/C12H11NO2S/c1-7(14)8-3-4-10-9(5-8)12(2,6-16)11(15)13-10/h3-6H,1-2H3,(H,13,15). The lowest BCUT2D eigenvalue weighted by molar-refractivity contribution is -0.118. The highest BCUT2D eigenvalue weighted by molar-refractivity contribution is 7.79. The van der Waals surface area contributed by atoms with E-state index in [1.165, 1.54) is 12.3 Å². The van der Waals surface area contributed by atoms with Gasteiger partial charge in [-0.2, -0.15) is 0 Å². The fraction of sp³-hybridized carbons (Fsp3) is 0.250. The summed E-state index contributed by atoms with van der Waals surface area (Å²) in [6.07, 6.45) is 0. The van der Waals surface area contributed by atoms with E-state index in [1.807, 2.05) is 0 Å². The second kappa shape index (κ2) is 3.49. The average Bonchev–Trinajstić information content (AvgIpc) is 2.51. The number of rotatable bonds is 2. The minimum Gasteiger partial charge on any atom is -0.325 e. The molecule has 1 unspecified atom stereocenters. The first-order chi connectivity index (χ1) is 7.49. The molecule has 16 heavy (non-hydrogen) atoms. The Bertz CT molecular complexity index is 510. The maximum Gasteiger partial charge on any atom is 0.239 e. The molecule has 1 aliphatic heterocycles. The number of fused-ring (bicyclic) bond motifs is 1. The van der Waals surface area contributed by atoms with Crippen LogP contribution in [0.2, 0.25) is 0 Å². The van der Waals surface area contributed by atoms with Gasteiger partial charge in [0.15, 0.2) is 5.78 Å². The molecule has 1 heterocycles. The highest BCUT2D eigenvalue weighted by Gasteiger charge is 2.40. The molecule has 1 aromatic carbocycles. The van der Waals surface area contributed by atoms with E-state index in [4.69, 9.17) is 12.2 Å². The van der Waals surface area contributed by atoms with Gasteiger partial charge in [-0.1, -0.05) is 12.2 Å². The summed E-state index contributed by atoms with van der Waals surface area (Å²) in [5, 5.41) is 4.20. The van der Waals surface area contributed by atoms with Crippen molar-refractivity contribution < 1.29 is 9.59 Å². The van der Waals surface area contributed by atoms with Gasteiger partial charge in [-0.3, -0.25) is 9.59 Å². The predicted molar refractivity (Wildman–Crippen MR) is 66.1 cm³/mol. The quantitative estimate of drug-likeness (QED) is 0.628. The third-order valence-corrected chi connectivity index (χ3v) is 3.41.